The van der Waals surface area contributed by atoms with Crippen LogP contribution in [0.1, 0.15) is 25.8 Å². The molecule has 0 bridgehead atoms. The van der Waals surface area contributed by atoms with Crippen LogP contribution in [-0.2, 0) is 5.60 Å². The zero-order valence-corrected chi connectivity index (χ0v) is 20.3. The lowest BCUT2D eigenvalue weighted by Gasteiger charge is -2.23. The summed E-state index contributed by atoms with van der Waals surface area (Å²) in [6, 6.07) is 13.5. The van der Waals surface area contributed by atoms with Gasteiger partial charge in [0.2, 0.25) is 0 Å². The molecule has 1 fully saturated rings. The summed E-state index contributed by atoms with van der Waals surface area (Å²) in [4.78, 5) is 6.63. The summed E-state index contributed by atoms with van der Waals surface area (Å²) < 4.78 is 26.7. The van der Waals surface area contributed by atoms with Gasteiger partial charge in [0.05, 0.1) is 6.54 Å². The Balaban J connectivity index is 0.00000341. The Morgan fingerprint density at radius 3 is 2.58 bits per heavy atom. The molecule has 3 N–H and O–H groups in total. The topological polar surface area (TPSA) is 59.9 Å². The molecule has 8 heteroatoms. The summed E-state index contributed by atoms with van der Waals surface area (Å²) in [5.41, 5.74) is 0.471. The summed E-state index contributed by atoms with van der Waals surface area (Å²) in [5, 5.41) is 17.3. The number of guanidine groups is 1. The lowest BCUT2D eigenvalue weighted by atomic mass is 9.96. The van der Waals surface area contributed by atoms with Gasteiger partial charge in [0, 0.05) is 37.9 Å². The van der Waals surface area contributed by atoms with Crippen molar-refractivity contribution in [3.8, 4) is 0 Å². The van der Waals surface area contributed by atoms with Gasteiger partial charge in [-0.2, -0.15) is 0 Å². The van der Waals surface area contributed by atoms with Crippen molar-refractivity contribution in [2.75, 3.05) is 37.6 Å². The summed E-state index contributed by atoms with van der Waals surface area (Å²) in [5.74, 6) is -0.633. The van der Waals surface area contributed by atoms with Gasteiger partial charge >= 0.3 is 0 Å². The van der Waals surface area contributed by atoms with Crippen molar-refractivity contribution in [3.05, 3.63) is 65.7 Å². The zero-order valence-electron chi connectivity index (χ0n) is 17.9. The number of aliphatic hydroxyl groups is 1. The van der Waals surface area contributed by atoms with Crippen LogP contribution in [0.25, 0.3) is 0 Å². The molecular weight excluding hydrogens is 513 g/mol. The molecular formula is C23H31F2IN4O. The van der Waals surface area contributed by atoms with Crippen molar-refractivity contribution < 1.29 is 13.9 Å². The van der Waals surface area contributed by atoms with Crippen LogP contribution in [0.3, 0.4) is 0 Å². The molecule has 2 aromatic carbocycles. The first-order chi connectivity index (χ1) is 14.4. The van der Waals surface area contributed by atoms with Gasteiger partial charge in [-0.3, -0.25) is 0 Å². The van der Waals surface area contributed by atoms with Crippen molar-refractivity contribution in [1.29, 1.82) is 0 Å². The lowest BCUT2D eigenvalue weighted by molar-refractivity contribution is 0.0672. The van der Waals surface area contributed by atoms with Crippen LogP contribution < -0.4 is 15.5 Å². The average Bonchev–Trinajstić information content (AvgIpc) is 3.22. The average molecular weight is 544 g/mol. The summed E-state index contributed by atoms with van der Waals surface area (Å²) >= 11 is 0. The predicted octanol–water partition coefficient (Wildman–Crippen LogP) is 3.87. The first-order valence-corrected chi connectivity index (χ1v) is 10.4. The largest absolute Gasteiger partial charge is 0.384 e. The van der Waals surface area contributed by atoms with E-state index in [0.717, 1.165) is 25.1 Å². The molecule has 0 saturated carbocycles. The van der Waals surface area contributed by atoms with Crippen LogP contribution in [0.4, 0.5) is 14.5 Å². The molecule has 0 spiro atoms. The number of aliphatic imine (C=N–C) groups is 1. The third kappa shape index (κ3) is 7.03. The van der Waals surface area contributed by atoms with Crippen molar-refractivity contribution in [1.82, 2.24) is 10.6 Å². The smallest absolute Gasteiger partial charge is 0.191 e. The predicted molar refractivity (Wildman–Crippen MR) is 132 cm³/mol. The highest BCUT2D eigenvalue weighted by Gasteiger charge is 2.25. The van der Waals surface area contributed by atoms with Crippen LogP contribution in [0.2, 0.25) is 0 Å². The first kappa shape index (κ1) is 25.3. The molecule has 0 aliphatic carbocycles. The van der Waals surface area contributed by atoms with Crippen LogP contribution in [0, 0.1) is 17.6 Å². The standard InChI is InChI=1S/C23H30F2N4O.HI/c1-3-26-22(28-16-23(2,30)18-7-5-4-6-8-18)27-14-17-11-12-29(15-17)19-9-10-20(24)21(25)13-19;/h4-10,13,17,30H,3,11-12,14-16H2,1-2H3,(H2,26,27,28);1H. The fraction of sp³-hybridized carbons (Fsp3) is 0.435. The molecule has 1 aliphatic heterocycles. The highest BCUT2D eigenvalue weighted by atomic mass is 127. The third-order valence-electron chi connectivity index (χ3n) is 5.40. The van der Waals surface area contributed by atoms with E-state index in [-0.39, 0.29) is 30.5 Å². The van der Waals surface area contributed by atoms with Crippen LogP contribution in [0.15, 0.2) is 53.5 Å². The maximum atomic E-state index is 13.5. The molecule has 31 heavy (non-hydrogen) atoms. The van der Waals surface area contributed by atoms with Crippen molar-refractivity contribution in [3.63, 3.8) is 0 Å². The maximum absolute atomic E-state index is 13.5. The second-order valence-corrected chi connectivity index (χ2v) is 7.92. The highest BCUT2D eigenvalue weighted by molar-refractivity contribution is 14.0. The van der Waals surface area contributed by atoms with E-state index in [9.17, 15) is 13.9 Å². The molecule has 0 aromatic heterocycles. The van der Waals surface area contributed by atoms with E-state index in [1.807, 2.05) is 37.3 Å². The molecule has 1 saturated heterocycles. The molecule has 0 radical (unpaired) electrons. The van der Waals surface area contributed by atoms with Crippen LogP contribution >= 0.6 is 24.0 Å². The molecule has 170 valence electrons. The summed E-state index contributed by atoms with van der Waals surface area (Å²) in [6.07, 6.45) is 0.952. The number of nitrogens with one attached hydrogen (secondary N) is 2. The van der Waals surface area contributed by atoms with Gasteiger partial charge in [-0.1, -0.05) is 30.3 Å². The number of hydrogen-bond acceptors (Lipinski definition) is 3. The first-order valence-electron chi connectivity index (χ1n) is 10.4. The highest BCUT2D eigenvalue weighted by Crippen LogP contribution is 2.25. The maximum Gasteiger partial charge on any atom is 0.191 e. The molecule has 3 rings (SSSR count). The lowest BCUT2D eigenvalue weighted by Crippen LogP contribution is -2.41. The van der Waals surface area contributed by atoms with Gasteiger partial charge in [-0.15, -0.1) is 24.0 Å². The minimum Gasteiger partial charge on any atom is -0.384 e. The van der Waals surface area contributed by atoms with E-state index in [0.29, 0.717) is 30.7 Å². The molecule has 1 heterocycles. The summed E-state index contributed by atoms with van der Waals surface area (Å²) in [7, 11) is 0. The van der Waals surface area contributed by atoms with E-state index in [4.69, 9.17) is 0 Å². The normalized spacial score (nSPS) is 18.3. The Morgan fingerprint density at radius 2 is 1.90 bits per heavy atom. The van der Waals surface area contributed by atoms with E-state index in [1.165, 1.54) is 12.1 Å². The molecule has 5 nitrogen and oxygen atoms in total. The zero-order chi connectivity index (χ0) is 21.6. The fourth-order valence-corrected chi connectivity index (χ4v) is 3.62. The Bertz CT molecular complexity index is 864. The monoisotopic (exact) mass is 544 g/mol. The number of nitrogens with zero attached hydrogens (tertiary/aromatic N) is 2. The quantitative estimate of drug-likeness (QED) is 0.282. The molecule has 2 aromatic rings. The van der Waals surface area contributed by atoms with Crippen LogP contribution in [-0.4, -0.2) is 43.8 Å². The minimum atomic E-state index is -1.06. The van der Waals surface area contributed by atoms with Crippen LogP contribution in [0.5, 0.6) is 0 Å². The Hall–Kier alpha value is -1.94. The van der Waals surface area contributed by atoms with Gasteiger partial charge < -0.3 is 20.6 Å². The number of halogens is 3. The number of benzene rings is 2. The number of anilines is 1. The van der Waals surface area contributed by atoms with Crippen molar-refractivity contribution in [2.24, 2.45) is 10.9 Å². The van der Waals surface area contributed by atoms with Gasteiger partial charge in [0.25, 0.3) is 0 Å². The van der Waals surface area contributed by atoms with E-state index >= 15 is 0 Å². The molecule has 1 aliphatic rings. The van der Waals surface area contributed by atoms with Gasteiger partial charge in [0.15, 0.2) is 17.6 Å². The Kier molecular flexibility index (Phi) is 9.49. The van der Waals surface area contributed by atoms with E-state index < -0.39 is 17.2 Å². The molecule has 2 atom stereocenters. The van der Waals surface area contributed by atoms with Crippen molar-refractivity contribution >= 4 is 35.6 Å². The number of hydrogen-bond donors (Lipinski definition) is 3. The Morgan fingerprint density at radius 1 is 1.16 bits per heavy atom. The van der Waals surface area contributed by atoms with Gasteiger partial charge in [0.1, 0.15) is 5.60 Å². The molecule has 0 amide bonds. The van der Waals surface area contributed by atoms with Gasteiger partial charge in [-0.25, -0.2) is 13.8 Å². The van der Waals surface area contributed by atoms with Crippen molar-refractivity contribution in [2.45, 2.75) is 25.9 Å². The fourth-order valence-electron chi connectivity index (χ4n) is 3.62. The minimum absolute atomic E-state index is 0. The summed E-state index contributed by atoms with van der Waals surface area (Å²) in [6.45, 7) is 6.97. The van der Waals surface area contributed by atoms with E-state index in [2.05, 4.69) is 20.5 Å². The third-order valence-corrected chi connectivity index (χ3v) is 5.40. The van der Waals surface area contributed by atoms with E-state index in [1.54, 1.807) is 13.0 Å². The Labute approximate surface area is 200 Å². The SMILES string of the molecule is CCNC(=NCC(C)(O)c1ccccc1)NCC1CCN(c2ccc(F)c(F)c2)C1.I. The molecule has 2 unspecified atom stereocenters. The van der Waals surface area contributed by atoms with Gasteiger partial charge in [-0.05, 0) is 43.9 Å². The second-order valence-electron chi connectivity index (χ2n) is 7.92. The number of rotatable bonds is 7. The second kappa shape index (κ2) is 11.6.